The molecule has 0 radical (unpaired) electrons. The minimum atomic E-state index is -2.08. The second-order valence-corrected chi connectivity index (χ2v) is 4.29. The van der Waals surface area contributed by atoms with E-state index < -0.39 is 33.8 Å². The Morgan fingerprint density at radius 2 is 2.07 bits per heavy atom. The Bertz CT molecular complexity index is 275. The zero-order valence-corrected chi connectivity index (χ0v) is 12.5. The van der Waals surface area contributed by atoms with Crippen molar-refractivity contribution >= 4 is 28.6 Å². The topological polar surface area (TPSA) is 110 Å². The molecule has 1 aliphatic heterocycles. The zero-order chi connectivity index (χ0) is 10.2. The van der Waals surface area contributed by atoms with Crippen molar-refractivity contribution in [3.05, 3.63) is 11.5 Å². The van der Waals surface area contributed by atoms with Crippen LogP contribution < -0.4 is 56.5 Å². The van der Waals surface area contributed by atoms with Gasteiger partial charge in [0.1, 0.15) is 0 Å². The molecule has 0 fully saturated rings. The van der Waals surface area contributed by atoms with Gasteiger partial charge in [0.25, 0.3) is 0 Å². The van der Waals surface area contributed by atoms with Gasteiger partial charge in [0.15, 0.2) is 11.9 Å². The normalized spacial score (nSPS) is 25.4. The molecule has 0 saturated carbocycles. The summed E-state index contributed by atoms with van der Waals surface area (Å²) < 4.78 is 2.27. The van der Waals surface area contributed by atoms with Crippen molar-refractivity contribution < 1.29 is 81.3 Å². The third-order valence-electron chi connectivity index (χ3n) is 1.52. The molecule has 3 N–H and O–H groups in total. The number of hydrogen-bond donors (Lipinski definition) is 3. The number of ether oxygens (including phenoxy) is 1. The summed E-state index contributed by atoms with van der Waals surface area (Å²) in [4.78, 5) is 10.6. The summed E-state index contributed by atoms with van der Waals surface area (Å²) in [5, 5.41) is 37.8. The van der Waals surface area contributed by atoms with Crippen molar-refractivity contribution in [3.8, 4) is 0 Å². The molecule has 0 aromatic heterocycles. The molecule has 74 valence electrons. The molecular weight excluding hydrogens is 334 g/mol. The van der Waals surface area contributed by atoms with Crippen LogP contribution in [0.5, 0.6) is 0 Å². The molecule has 0 saturated heterocycles. The Balaban J connectivity index is 0.00000169. The largest absolute Gasteiger partial charge is 1.00 e. The first-order valence-corrected chi connectivity index (χ1v) is 4.31. The van der Waals surface area contributed by atoms with Crippen LogP contribution in [0.15, 0.2) is 11.5 Å². The van der Waals surface area contributed by atoms with Gasteiger partial charge >= 0.3 is 57.4 Å². The van der Waals surface area contributed by atoms with Crippen LogP contribution in [0.4, 0.5) is 0 Å². The van der Waals surface area contributed by atoms with E-state index >= 15 is 0 Å². The Kier molecular flexibility index (Phi) is 5.86. The predicted octanol–water partition coefficient (Wildman–Crippen LogP) is -4.27. The number of aliphatic hydroxyl groups excluding tert-OH is 3. The maximum Gasteiger partial charge on any atom is 1.00 e. The van der Waals surface area contributed by atoms with Crippen molar-refractivity contribution in [1.82, 2.24) is 0 Å². The van der Waals surface area contributed by atoms with Gasteiger partial charge < -0.3 is 25.2 Å². The van der Waals surface area contributed by atoms with E-state index in [1.165, 1.54) is 22.6 Å². The number of esters is 1. The van der Waals surface area contributed by atoms with Crippen LogP contribution >= 0.6 is 22.6 Å². The fourth-order valence-electron chi connectivity index (χ4n) is 0.822. The number of carbonyl (C=O) groups is 1. The van der Waals surface area contributed by atoms with Gasteiger partial charge in [-0.2, -0.15) is 0 Å². The minimum Gasteiger partial charge on any atom is -0.837 e. The zero-order valence-electron chi connectivity index (χ0n) is 7.23. The Labute approximate surface area is 136 Å². The fraction of sp³-hybridized carbons (Fsp3) is 0.500. The summed E-state index contributed by atoms with van der Waals surface area (Å²) >= 11 is 1.29. The summed E-state index contributed by atoms with van der Waals surface area (Å²) in [5.41, 5.74) is 0. The fourth-order valence-corrected chi connectivity index (χ4v) is 1.24. The molecule has 0 amide bonds. The molecule has 0 spiro atoms. The summed E-state index contributed by atoms with van der Waals surface area (Å²) in [6, 6.07) is 0. The van der Waals surface area contributed by atoms with Crippen molar-refractivity contribution in [2.45, 2.75) is 9.71 Å². The van der Waals surface area contributed by atoms with Gasteiger partial charge in [-0.3, -0.25) is 0 Å². The summed E-state index contributed by atoms with van der Waals surface area (Å²) in [5.74, 6) is -2.97. The van der Waals surface area contributed by atoms with E-state index in [4.69, 9.17) is 15.3 Å². The van der Waals surface area contributed by atoms with Crippen molar-refractivity contribution in [1.29, 1.82) is 0 Å². The first-order valence-electron chi connectivity index (χ1n) is 3.23. The Morgan fingerprint density at radius 1 is 1.57 bits per heavy atom. The average Bonchev–Trinajstić information content (AvgIpc) is 2.33. The Hall–Kier alpha value is 1.10. The number of aliphatic hydroxyl groups is 3. The molecule has 0 aromatic rings. The first kappa shape index (κ1) is 15.1. The molecule has 0 unspecified atom stereocenters. The van der Waals surface area contributed by atoms with E-state index in [0.29, 0.717) is 0 Å². The molecular formula is C6H6IKO6. The van der Waals surface area contributed by atoms with Crippen LogP contribution in [0.2, 0.25) is 0 Å². The number of hydrogen-bond acceptors (Lipinski definition) is 6. The van der Waals surface area contributed by atoms with E-state index in [1.807, 2.05) is 0 Å². The van der Waals surface area contributed by atoms with Crippen LogP contribution in [0.3, 0.4) is 0 Å². The molecule has 0 bridgehead atoms. The van der Waals surface area contributed by atoms with Gasteiger partial charge in [-0.15, -0.1) is 0 Å². The first-order chi connectivity index (χ1) is 5.90. The minimum absolute atomic E-state index is 0. The number of alkyl halides is 1. The molecule has 6 nitrogen and oxygen atoms in total. The van der Waals surface area contributed by atoms with Crippen LogP contribution in [-0.2, 0) is 9.53 Å². The molecule has 1 rings (SSSR count). The SMILES string of the molecule is O=C1O[C@H]([C@]([O-])(I)CO)C(O)=C1O.[K+]. The number of carbonyl (C=O) groups excluding carboxylic acids is 1. The van der Waals surface area contributed by atoms with Crippen molar-refractivity contribution in [3.63, 3.8) is 0 Å². The third kappa shape index (κ3) is 2.81. The molecule has 0 aliphatic carbocycles. The quantitative estimate of drug-likeness (QED) is 0.203. The number of halogens is 1. The predicted molar refractivity (Wildman–Crippen MR) is 46.0 cm³/mol. The standard InChI is InChI=1S/C6H6IO6.K/c7-6(12,1-8)4-2(9)3(10)5(11)13-4;/h4,8-10H,1H2;/q-1;+1/t4-,6-;/m0./s1. The van der Waals surface area contributed by atoms with Crippen molar-refractivity contribution in [2.24, 2.45) is 0 Å². The smallest absolute Gasteiger partial charge is 0.837 e. The van der Waals surface area contributed by atoms with E-state index in [2.05, 4.69) is 4.74 Å². The van der Waals surface area contributed by atoms with Crippen LogP contribution in [-0.4, -0.2) is 37.6 Å². The molecule has 1 aliphatic rings. The maximum atomic E-state index is 11.3. The van der Waals surface area contributed by atoms with Crippen LogP contribution in [0, 0.1) is 0 Å². The van der Waals surface area contributed by atoms with Crippen molar-refractivity contribution in [2.75, 3.05) is 6.61 Å². The molecule has 14 heavy (non-hydrogen) atoms. The summed E-state index contributed by atoms with van der Waals surface area (Å²) in [6.45, 7) is -0.831. The summed E-state index contributed by atoms with van der Waals surface area (Å²) in [6.07, 6.45) is -1.54. The summed E-state index contributed by atoms with van der Waals surface area (Å²) in [7, 11) is 0. The molecule has 0 aromatic carbocycles. The number of rotatable bonds is 2. The van der Waals surface area contributed by atoms with E-state index in [1.54, 1.807) is 0 Å². The average molecular weight is 340 g/mol. The number of cyclic esters (lactones) is 1. The van der Waals surface area contributed by atoms with E-state index in [0.717, 1.165) is 0 Å². The second-order valence-electron chi connectivity index (χ2n) is 2.46. The Morgan fingerprint density at radius 3 is 2.36 bits per heavy atom. The van der Waals surface area contributed by atoms with Crippen LogP contribution in [0.25, 0.3) is 0 Å². The second kappa shape index (κ2) is 5.43. The van der Waals surface area contributed by atoms with Crippen LogP contribution in [0.1, 0.15) is 0 Å². The van der Waals surface area contributed by atoms with Gasteiger partial charge in [-0.05, 0) is 0 Å². The van der Waals surface area contributed by atoms with Gasteiger partial charge in [-0.25, -0.2) is 4.79 Å². The van der Waals surface area contributed by atoms with Gasteiger partial charge in [0, 0.05) is 10.2 Å². The van der Waals surface area contributed by atoms with Gasteiger partial charge in [0.2, 0.25) is 5.76 Å². The van der Waals surface area contributed by atoms with E-state index in [9.17, 15) is 9.90 Å². The van der Waals surface area contributed by atoms with Gasteiger partial charge in [-0.1, -0.05) is 22.6 Å². The molecule has 2 atom stereocenters. The third-order valence-corrected chi connectivity index (χ3v) is 2.42. The molecule has 8 heteroatoms. The van der Waals surface area contributed by atoms with E-state index in [-0.39, 0.29) is 51.4 Å². The monoisotopic (exact) mass is 340 g/mol. The van der Waals surface area contributed by atoms with Gasteiger partial charge in [0.05, 0.1) is 0 Å². The maximum absolute atomic E-state index is 11.3. The molecule has 1 heterocycles.